The molecular weight excluding hydrogens is 188 g/mol. The summed E-state index contributed by atoms with van der Waals surface area (Å²) in [6.45, 7) is 3.96. The first-order valence-corrected chi connectivity index (χ1v) is 5.06. The Morgan fingerprint density at radius 3 is 2.77 bits per heavy atom. The second-order valence-electron chi connectivity index (χ2n) is 2.36. The molecule has 0 unspecified atom stereocenters. The van der Waals surface area contributed by atoms with Crippen molar-refractivity contribution < 1.29 is 9.59 Å². The quantitative estimate of drug-likeness (QED) is 0.447. The molecule has 0 aliphatic heterocycles. The predicted molar refractivity (Wildman–Crippen MR) is 54.3 cm³/mol. The van der Waals surface area contributed by atoms with Gasteiger partial charge in [-0.15, -0.1) is 6.58 Å². The first-order valence-electron chi connectivity index (χ1n) is 3.90. The Morgan fingerprint density at radius 2 is 2.23 bits per heavy atom. The molecule has 0 saturated carbocycles. The van der Waals surface area contributed by atoms with Gasteiger partial charge in [-0.3, -0.25) is 9.59 Å². The fourth-order valence-electron chi connectivity index (χ4n) is 0.612. The summed E-state index contributed by atoms with van der Waals surface area (Å²) in [7, 11) is 0. The van der Waals surface area contributed by atoms with Crippen LogP contribution in [0.1, 0.15) is 6.42 Å². The zero-order chi connectivity index (χ0) is 10.1. The van der Waals surface area contributed by atoms with E-state index in [0.29, 0.717) is 18.7 Å². The minimum atomic E-state index is -0.350. The van der Waals surface area contributed by atoms with Crippen molar-refractivity contribution in [3.8, 4) is 0 Å². The van der Waals surface area contributed by atoms with Crippen LogP contribution in [0.3, 0.4) is 0 Å². The van der Waals surface area contributed by atoms with Crippen molar-refractivity contribution >= 4 is 23.6 Å². The van der Waals surface area contributed by atoms with Crippen LogP contribution in [0.4, 0.5) is 0 Å². The third kappa shape index (κ3) is 8.94. The van der Waals surface area contributed by atoms with Gasteiger partial charge in [0.15, 0.2) is 0 Å². The first kappa shape index (κ1) is 12.0. The predicted octanol–water partition coefficient (Wildman–Crippen LogP) is -0.103. The van der Waals surface area contributed by atoms with Gasteiger partial charge in [0.1, 0.15) is 0 Å². The largest absolute Gasteiger partial charge is 0.369 e. The summed E-state index contributed by atoms with van der Waals surface area (Å²) in [5.41, 5.74) is 4.92. The number of rotatable bonds is 7. The Labute approximate surface area is 81.9 Å². The molecule has 4 nitrogen and oxygen atoms in total. The summed E-state index contributed by atoms with van der Waals surface area (Å²) in [4.78, 5) is 21.3. The monoisotopic (exact) mass is 202 g/mol. The van der Waals surface area contributed by atoms with Crippen LogP contribution in [0.2, 0.25) is 0 Å². The molecule has 0 saturated heterocycles. The van der Waals surface area contributed by atoms with Crippen molar-refractivity contribution in [3.63, 3.8) is 0 Å². The van der Waals surface area contributed by atoms with Crippen molar-refractivity contribution in [2.24, 2.45) is 5.73 Å². The molecule has 0 bridgehead atoms. The maximum atomic E-state index is 11.0. The van der Waals surface area contributed by atoms with Crippen LogP contribution in [0.15, 0.2) is 12.7 Å². The van der Waals surface area contributed by atoms with E-state index in [0.717, 1.165) is 0 Å². The van der Waals surface area contributed by atoms with Crippen LogP contribution in [-0.2, 0) is 9.59 Å². The summed E-state index contributed by atoms with van der Waals surface area (Å²) in [6, 6.07) is 0. The Morgan fingerprint density at radius 1 is 1.54 bits per heavy atom. The average molecular weight is 202 g/mol. The highest BCUT2D eigenvalue weighted by molar-refractivity contribution is 7.99. The molecule has 0 atom stereocenters. The summed E-state index contributed by atoms with van der Waals surface area (Å²) >= 11 is 1.36. The topological polar surface area (TPSA) is 72.2 Å². The van der Waals surface area contributed by atoms with E-state index in [1.165, 1.54) is 11.8 Å². The van der Waals surface area contributed by atoms with Crippen LogP contribution in [0, 0.1) is 0 Å². The average Bonchev–Trinajstić information content (AvgIpc) is 2.08. The Bertz CT molecular complexity index is 195. The van der Waals surface area contributed by atoms with Gasteiger partial charge in [-0.25, -0.2) is 0 Å². The molecule has 0 aromatic heterocycles. The fourth-order valence-corrected chi connectivity index (χ4v) is 1.29. The number of carbonyl (C=O) groups excluding carboxylic acids is 2. The molecule has 0 aliphatic rings. The highest BCUT2D eigenvalue weighted by Crippen LogP contribution is 2.00. The molecule has 0 heterocycles. The normalized spacial score (nSPS) is 9.23. The van der Waals surface area contributed by atoms with Crippen molar-refractivity contribution in [2.75, 3.05) is 18.1 Å². The summed E-state index contributed by atoms with van der Waals surface area (Å²) in [6.07, 6.45) is 2.03. The van der Waals surface area contributed by atoms with E-state index in [1.54, 1.807) is 6.08 Å². The van der Waals surface area contributed by atoms with E-state index in [9.17, 15) is 9.59 Å². The second-order valence-corrected chi connectivity index (χ2v) is 3.47. The van der Waals surface area contributed by atoms with Gasteiger partial charge in [0.2, 0.25) is 11.8 Å². The van der Waals surface area contributed by atoms with Gasteiger partial charge in [-0.2, -0.15) is 11.8 Å². The maximum Gasteiger partial charge on any atom is 0.227 e. The molecule has 0 aromatic carbocycles. The number of nitrogens with two attached hydrogens (primary N) is 1. The van der Waals surface area contributed by atoms with Gasteiger partial charge >= 0.3 is 0 Å². The van der Waals surface area contributed by atoms with Crippen LogP contribution >= 0.6 is 11.8 Å². The van der Waals surface area contributed by atoms with E-state index in [2.05, 4.69) is 11.9 Å². The lowest BCUT2D eigenvalue weighted by Crippen LogP contribution is -2.23. The number of carbonyl (C=O) groups is 2. The van der Waals surface area contributed by atoms with Gasteiger partial charge in [-0.1, -0.05) is 6.08 Å². The number of amides is 2. The lowest BCUT2D eigenvalue weighted by atomic mass is 10.4. The smallest absolute Gasteiger partial charge is 0.227 e. The van der Waals surface area contributed by atoms with Crippen molar-refractivity contribution in [3.05, 3.63) is 12.7 Å². The van der Waals surface area contributed by atoms with Crippen molar-refractivity contribution in [1.29, 1.82) is 0 Å². The highest BCUT2D eigenvalue weighted by atomic mass is 32.2. The number of nitrogens with one attached hydrogen (secondary N) is 1. The van der Waals surface area contributed by atoms with Crippen LogP contribution in [0.5, 0.6) is 0 Å². The summed E-state index contributed by atoms with van der Waals surface area (Å²) in [5, 5.41) is 2.63. The van der Waals surface area contributed by atoms with Gasteiger partial charge in [-0.05, 0) is 0 Å². The summed E-state index contributed by atoms with van der Waals surface area (Å²) < 4.78 is 0. The molecule has 0 aromatic rings. The molecule has 0 radical (unpaired) electrons. The standard InChI is InChI=1S/C8H14N2O2S/c1-2-4-10-8(12)3-5-13-6-7(9)11/h2H,1,3-6H2,(H2,9,11)(H,10,12). The Balaban J connectivity index is 3.26. The van der Waals surface area contributed by atoms with E-state index in [1.807, 2.05) is 0 Å². The van der Waals surface area contributed by atoms with E-state index in [4.69, 9.17) is 5.73 Å². The number of thioether (sulfide) groups is 1. The van der Waals surface area contributed by atoms with Gasteiger partial charge in [0.05, 0.1) is 5.75 Å². The zero-order valence-corrected chi connectivity index (χ0v) is 8.23. The Hall–Kier alpha value is -0.970. The van der Waals surface area contributed by atoms with E-state index in [-0.39, 0.29) is 17.6 Å². The lowest BCUT2D eigenvalue weighted by molar-refractivity contribution is -0.120. The van der Waals surface area contributed by atoms with Crippen LogP contribution in [0.25, 0.3) is 0 Å². The van der Waals surface area contributed by atoms with Crippen LogP contribution < -0.4 is 11.1 Å². The van der Waals surface area contributed by atoms with Gasteiger partial charge in [0, 0.05) is 18.7 Å². The third-order valence-corrected chi connectivity index (χ3v) is 2.14. The van der Waals surface area contributed by atoms with Gasteiger partial charge in [0.25, 0.3) is 0 Å². The number of primary amides is 1. The highest BCUT2D eigenvalue weighted by Gasteiger charge is 2.00. The molecule has 0 fully saturated rings. The second kappa shape index (κ2) is 7.67. The Kier molecular flexibility index (Phi) is 7.10. The molecule has 13 heavy (non-hydrogen) atoms. The number of hydrogen-bond acceptors (Lipinski definition) is 3. The van der Waals surface area contributed by atoms with E-state index < -0.39 is 0 Å². The molecule has 74 valence electrons. The molecular formula is C8H14N2O2S. The minimum absolute atomic E-state index is 0.0307. The summed E-state index contributed by atoms with van der Waals surface area (Å²) in [5.74, 6) is 0.508. The molecule has 2 amide bonds. The molecule has 0 spiro atoms. The third-order valence-electron chi connectivity index (χ3n) is 1.16. The lowest BCUT2D eigenvalue weighted by Gasteiger charge is -2.00. The molecule has 5 heteroatoms. The van der Waals surface area contributed by atoms with Crippen molar-refractivity contribution in [2.45, 2.75) is 6.42 Å². The zero-order valence-electron chi connectivity index (χ0n) is 7.41. The molecule has 0 aliphatic carbocycles. The molecule has 3 N–H and O–H groups in total. The van der Waals surface area contributed by atoms with Gasteiger partial charge < -0.3 is 11.1 Å². The van der Waals surface area contributed by atoms with E-state index >= 15 is 0 Å². The molecule has 0 rings (SSSR count). The minimum Gasteiger partial charge on any atom is -0.369 e. The maximum absolute atomic E-state index is 11.0. The SMILES string of the molecule is C=CCNC(=O)CCSCC(N)=O. The fraction of sp³-hybridized carbons (Fsp3) is 0.500. The first-order chi connectivity index (χ1) is 6.16. The number of hydrogen-bond donors (Lipinski definition) is 2. The van der Waals surface area contributed by atoms with Crippen molar-refractivity contribution in [1.82, 2.24) is 5.32 Å². The van der Waals surface area contributed by atoms with Crippen LogP contribution in [-0.4, -0.2) is 29.9 Å².